The molecule has 0 amide bonds. The van der Waals surface area contributed by atoms with E-state index >= 15 is 0 Å². The zero-order valence-corrected chi connectivity index (χ0v) is 11.1. The van der Waals surface area contributed by atoms with Crippen LogP contribution in [0.2, 0.25) is 0 Å². The van der Waals surface area contributed by atoms with E-state index in [9.17, 15) is 0 Å². The summed E-state index contributed by atoms with van der Waals surface area (Å²) in [6.45, 7) is 1.93. The number of para-hydroxylation sites is 1. The van der Waals surface area contributed by atoms with E-state index in [1.807, 2.05) is 43.3 Å². The monoisotopic (exact) mass is 261 g/mol. The molecule has 0 aliphatic heterocycles. The zero-order valence-electron chi connectivity index (χ0n) is 10.3. The van der Waals surface area contributed by atoms with E-state index in [4.69, 9.17) is 18.1 Å². The van der Waals surface area contributed by atoms with Gasteiger partial charge in [-0.15, -0.1) is 0 Å². The predicted molar refractivity (Wildman–Crippen MR) is 76.5 cm³/mol. The van der Waals surface area contributed by atoms with Crippen LogP contribution in [0.1, 0.15) is 5.69 Å². The molecule has 0 saturated heterocycles. The van der Waals surface area contributed by atoms with Gasteiger partial charge < -0.3 is 5.32 Å². The second-order valence-corrected chi connectivity index (χ2v) is 4.35. The molecule has 0 unspecified atom stereocenters. The molecule has 0 fully saturated rings. The van der Waals surface area contributed by atoms with Gasteiger partial charge in [0.2, 0.25) is 0 Å². The van der Waals surface area contributed by atoms with Crippen molar-refractivity contribution < 1.29 is 0 Å². The molecule has 1 aromatic carbocycles. The van der Waals surface area contributed by atoms with Crippen molar-refractivity contribution in [3.05, 3.63) is 42.1 Å². The second-order valence-electron chi connectivity index (χ2n) is 3.96. The number of nitrogens with two attached hydrogens (primary N) is 1. The third-order valence-electron chi connectivity index (χ3n) is 2.39. The normalized spacial score (nSPS) is 10.2. The van der Waals surface area contributed by atoms with Crippen LogP contribution in [0.5, 0.6) is 0 Å². The molecule has 2 aromatic rings. The Morgan fingerprint density at radius 1 is 1.39 bits per heavy atom. The van der Waals surface area contributed by atoms with Crippen LogP contribution in [0.4, 0.5) is 5.82 Å². The number of benzene rings is 1. The van der Waals surface area contributed by atoms with E-state index in [1.54, 1.807) is 11.7 Å². The van der Waals surface area contributed by atoms with Gasteiger partial charge in [-0.1, -0.05) is 18.2 Å². The summed E-state index contributed by atoms with van der Waals surface area (Å²) in [5.41, 5.74) is 1.87. The number of rotatable bonds is 2. The van der Waals surface area contributed by atoms with Gasteiger partial charge in [-0.2, -0.15) is 5.10 Å². The lowest BCUT2D eigenvalue weighted by molar-refractivity contribution is 0.547. The largest absolute Gasteiger partial charge is 0.316 e. The van der Waals surface area contributed by atoms with Crippen molar-refractivity contribution in [1.29, 1.82) is 0 Å². The summed E-state index contributed by atoms with van der Waals surface area (Å²) < 4.78 is 1.80. The molecule has 0 atom stereocenters. The molecule has 2 rings (SSSR count). The molecular weight excluding hydrogens is 246 g/mol. The van der Waals surface area contributed by atoms with Gasteiger partial charge in [-0.25, -0.2) is 10.5 Å². The minimum Gasteiger partial charge on any atom is -0.316 e. The van der Waals surface area contributed by atoms with Gasteiger partial charge in [0.05, 0.1) is 11.4 Å². The number of anilines is 1. The third kappa shape index (κ3) is 2.66. The van der Waals surface area contributed by atoms with Gasteiger partial charge >= 0.3 is 0 Å². The molecule has 18 heavy (non-hydrogen) atoms. The van der Waals surface area contributed by atoms with E-state index in [-0.39, 0.29) is 0 Å². The Bertz CT molecular complexity index is 547. The minimum absolute atomic E-state index is 0.437. The summed E-state index contributed by atoms with van der Waals surface area (Å²) in [6, 6.07) is 11.8. The number of aromatic nitrogens is 2. The van der Waals surface area contributed by atoms with E-state index in [2.05, 4.69) is 10.4 Å². The van der Waals surface area contributed by atoms with Gasteiger partial charge in [0, 0.05) is 13.1 Å². The Balaban J connectivity index is 2.35. The highest BCUT2D eigenvalue weighted by molar-refractivity contribution is 7.80. The van der Waals surface area contributed by atoms with Crippen molar-refractivity contribution in [1.82, 2.24) is 14.8 Å². The maximum Gasteiger partial charge on any atom is 0.188 e. The van der Waals surface area contributed by atoms with Crippen molar-refractivity contribution in [3.8, 4) is 5.69 Å². The molecule has 0 aliphatic rings. The summed E-state index contributed by atoms with van der Waals surface area (Å²) in [4.78, 5) is 0. The standard InChI is InChI=1S/C12H15N5S/c1-9-8-11(14-12(18)16(2)13)17(15-9)10-6-4-3-5-7-10/h3-8H,13H2,1-2H3,(H,14,18). The maximum atomic E-state index is 5.58. The minimum atomic E-state index is 0.437. The van der Waals surface area contributed by atoms with Crippen LogP contribution in [-0.2, 0) is 0 Å². The Morgan fingerprint density at radius 2 is 2.06 bits per heavy atom. The van der Waals surface area contributed by atoms with Gasteiger partial charge in [-0.3, -0.25) is 5.01 Å². The van der Waals surface area contributed by atoms with Crippen LogP contribution in [0, 0.1) is 6.92 Å². The van der Waals surface area contributed by atoms with Gasteiger partial charge in [0.1, 0.15) is 5.82 Å². The number of nitrogens with one attached hydrogen (secondary N) is 1. The van der Waals surface area contributed by atoms with E-state index in [0.717, 1.165) is 17.2 Å². The molecule has 1 aromatic heterocycles. The Kier molecular flexibility index (Phi) is 3.59. The maximum absolute atomic E-state index is 5.58. The fourth-order valence-electron chi connectivity index (χ4n) is 1.55. The molecule has 6 heteroatoms. The van der Waals surface area contributed by atoms with Crippen LogP contribution < -0.4 is 11.2 Å². The van der Waals surface area contributed by atoms with Gasteiger partial charge in [0.25, 0.3) is 0 Å². The highest BCUT2D eigenvalue weighted by Crippen LogP contribution is 2.16. The summed E-state index contributed by atoms with van der Waals surface area (Å²) in [6.07, 6.45) is 0. The van der Waals surface area contributed by atoms with Crippen LogP contribution >= 0.6 is 12.2 Å². The first kappa shape index (κ1) is 12.5. The lowest BCUT2D eigenvalue weighted by Crippen LogP contribution is -2.37. The van der Waals surface area contributed by atoms with E-state index < -0.39 is 0 Å². The first-order valence-corrected chi connectivity index (χ1v) is 5.90. The molecular formula is C12H15N5S. The third-order valence-corrected chi connectivity index (χ3v) is 2.78. The van der Waals surface area contributed by atoms with Gasteiger partial charge in [0.15, 0.2) is 5.11 Å². The van der Waals surface area contributed by atoms with Crippen molar-refractivity contribution in [2.75, 3.05) is 12.4 Å². The summed E-state index contributed by atoms with van der Waals surface area (Å²) >= 11 is 5.13. The average Bonchev–Trinajstić information content (AvgIpc) is 2.71. The molecule has 0 saturated carbocycles. The summed E-state index contributed by atoms with van der Waals surface area (Å²) in [5.74, 6) is 6.37. The first-order chi connectivity index (χ1) is 8.58. The van der Waals surface area contributed by atoms with Crippen molar-refractivity contribution in [2.24, 2.45) is 5.84 Å². The number of aryl methyl sites for hydroxylation is 1. The van der Waals surface area contributed by atoms with Crippen molar-refractivity contribution in [3.63, 3.8) is 0 Å². The number of thiocarbonyl (C=S) groups is 1. The Labute approximate surface area is 111 Å². The molecule has 5 nitrogen and oxygen atoms in total. The van der Waals surface area contributed by atoms with Crippen LogP contribution in [-0.4, -0.2) is 26.9 Å². The Morgan fingerprint density at radius 3 is 2.67 bits per heavy atom. The highest BCUT2D eigenvalue weighted by Gasteiger charge is 2.09. The lowest BCUT2D eigenvalue weighted by atomic mass is 10.3. The number of hydrazine groups is 1. The van der Waals surface area contributed by atoms with Crippen LogP contribution in [0.25, 0.3) is 5.69 Å². The summed E-state index contributed by atoms with van der Waals surface area (Å²) in [7, 11) is 1.69. The number of nitrogens with zero attached hydrogens (tertiary/aromatic N) is 3. The quantitative estimate of drug-likeness (QED) is 0.489. The molecule has 0 bridgehead atoms. The predicted octanol–water partition coefficient (Wildman–Crippen LogP) is 1.68. The Hall–Kier alpha value is -1.92. The molecule has 0 aliphatic carbocycles. The molecule has 1 heterocycles. The smallest absolute Gasteiger partial charge is 0.188 e. The highest BCUT2D eigenvalue weighted by atomic mass is 32.1. The molecule has 0 spiro atoms. The second kappa shape index (κ2) is 5.16. The molecule has 94 valence electrons. The lowest BCUT2D eigenvalue weighted by Gasteiger charge is -2.15. The van der Waals surface area contributed by atoms with Crippen molar-refractivity contribution in [2.45, 2.75) is 6.92 Å². The summed E-state index contributed by atoms with van der Waals surface area (Å²) in [5, 5.41) is 9.28. The van der Waals surface area contributed by atoms with E-state index in [1.165, 1.54) is 5.01 Å². The number of hydrogen-bond acceptors (Lipinski definition) is 3. The van der Waals surface area contributed by atoms with Crippen LogP contribution in [0.15, 0.2) is 36.4 Å². The van der Waals surface area contributed by atoms with Crippen LogP contribution in [0.3, 0.4) is 0 Å². The first-order valence-electron chi connectivity index (χ1n) is 5.49. The fraction of sp³-hybridized carbons (Fsp3) is 0.167. The fourth-order valence-corrected chi connectivity index (χ4v) is 1.66. The zero-order chi connectivity index (χ0) is 13.1. The molecule has 3 N–H and O–H groups in total. The SMILES string of the molecule is Cc1cc(NC(=S)N(C)N)n(-c2ccccc2)n1. The average molecular weight is 261 g/mol. The number of hydrogen-bond donors (Lipinski definition) is 2. The molecule has 0 radical (unpaired) electrons. The topological polar surface area (TPSA) is 59.1 Å². The van der Waals surface area contributed by atoms with Gasteiger partial charge in [-0.05, 0) is 31.3 Å². The van der Waals surface area contributed by atoms with E-state index in [0.29, 0.717) is 5.11 Å². The van der Waals surface area contributed by atoms with Crippen molar-refractivity contribution >= 4 is 23.1 Å².